The molecule has 1 amide bonds. The molecule has 1 aliphatic rings. The van der Waals surface area contributed by atoms with Gasteiger partial charge in [0.25, 0.3) is 5.91 Å². The summed E-state index contributed by atoms with van der Waals surface area (Å²) in [6.07, 6.45) is 4.83. The van der Waals surface area contributed by atoms with Gasteiger partial charge in [0.2, 0.25) is 0 Å². The first-order valence-electron chi connectivity index (χ1n) is 8.61. The Morgan fingerprint density at radius 2 is 2.09 bits per heavy atom. The molecular weight excluding hydrogens is 290 g/mol. The molecule has 1 aromatic rings. The molecule has 23 heavy (non-hydrogen) atoms. The number of hydrogen-bond acceptors (Lipinski definition) is 3. The van der Waals surface area contributed by atoms with Crippen molar-refractivity contribution in [2.24, 2.45) is 5.92 Å². The highest BCUT2D eigenvalue weighted by atomic mass is 16.5. The molecular formula is C19H29NO3. The second kappa shape index (κ2) is 8.46. The van der Waals surface area contributed by atoms with Crippen LogP contribution in [0.5, 0.6) is 0 Å². The van der Waals surface area contributed by atoms with Gasteiger partial charge in [0, 0.05) is 25.3 Å². The van der Waals surface area contributed by atoms with Crippen molar-refractivity contribution in [2.75, 3.05) is 19.8 Å². The number of nitrogens with one attached hydrogen (secondary N) is 1. The van der Waals surface area contributed by atoms with Crippen molar-refractivity contribution >= 4 is 5.91 Å². The van der Waals surface area contributed by atoms with E-state index in [2.05, 4.69) is 5.32 Å². The van der Waals surface area contributed by atoms with Gasteiger partial charge >= 0.3 is 0 Å². The Kier molecular flexibility index (Phi) is 6.60. The number of benzene rings is 1. The number of amides is 1. The van der Waals surface area contributed by atoms with E-state index in [-0.39, 0.29) is 5.91 Å². The molecule has 0 unspecified atom stereocenters. The summed E-state index contributed by atoms with van der Waals surface area (Å²) in [6, 6.07) is 7.66. The highest BCUT2D eigenvalue weighted by Crippen LogP contribution is 2.16. The van der Waals surface area contributed by atoms with Gasteiger partial charge in [0.1, 0.15) is 0 Å². The van der Waals surface area contributed by atoms with Crippen molar-refractivity contribution in [3.8, 4) is 0 Å². The normalized spacial score (nSPS) is 18.7. The van der Waals surface area contributed by atoms with E-state index < -0.39 is 5.60 Å². The van der Waals surface area contributed by atoms with E-state index in [1.807, 2.05) is 38.1 Å². The van der Waals surface area contributed by atoms with Crippen molar-refractivity contribution < 1.29 is 14.6 Å². The SMILES string of the molecule is CC(C)(O)CCc1ccc(C(=O)NCC[C@H]2CCCOC2)cc1. The van der Waals surface area contributed by atoms with Gasteiger partial charge in [-0.25, -0.2) is 0 Å². The lowest BCUT2D eigenvalue weighted by Crippen LogP contribution is -2.28. The summed E-state index contributed by atoms with van der Waals surface area (Å²) in [5.74, 6) is 0.559. The molecule has 128 valence electrons. The third kappa shape index (κ3) is 6.71. The predicted molar refractivity (Wildman–Crippen MR) is 91.6 cm³/mol. The standard InChI is InChI=1S/C19H29NO3/c1-19(2,22)11-9-15-5-7-17(8-6-15)18(21)20-12-10-16-4-3-13-23-14-16/h5-8,16,22H,3-4,9-14H2,1-2H3,(H,20,21)/t16-/m1/s1. The number of ether oxygens (including phenoxy) is 1. The first kappa shape index (κ1) is 18.0. The fraction of sp³-hybridized carbons (Fsp3) is 0.632. The molecule has 1 saturated heterocycles. The van der Waals surface area contributed by atoms with Crippen LogP contribution in [0.3, 0.4) is 0 Å². The second-order valence-corrected chi connectivity index (χ2v) is 7.14. The fourth-order valence-corrected chi connectivity index (χ4v) is 2.80. The molecule has 0 aliphatic carbocycles. The van der Waals surface area contributed by atoms with Gasteiger partial charge in [-0.2, -0.15) is 0 Å². The molecule has 2 N–H and O–H groups in total. The maximum Gasteiger partial charge on any atom is 0.251 e. The molecule has 1 aromatic carbocycles. The van der Waals surface area contributed by atoms with Crippen molar-refractivity contribution in [3.05, 3.63) is 35.4 Å². The molecule has 0 saturated carbocycles. The zero-order valence-electron chi connectivity index (χ0n) is 14.3. The van der Waals surface area contributed by atoms with Gasteiger partial charge in [-0.05, 0) is 69.6 Å². The number of hydrogen-bond donors (Lipinski definition) is 2. The highest BCUT2D eigenvalue weighted by molar-refractivity contribution is 5.94. The van der Waals surface area contributed by atoms with Crippen LogP contribution >= 0.6 is 0 Å². The smallest absolute Gasteiger partial charge is 0.251 e. The zero-order chi connectivity index (χ0) is 16.7. The summed E-state index contributed by atoms with van der Waals surface area (Å²) < 4.78 is 5.45. The summed E-state index contributed by atoms with van der Waals surface area (Å²) >= 11 is 0. The Bertz CT molecular complexity index is 484. The van der Waals surface area contributed by atoms with Crippen LogP contribution in [0.25, 0.3) is 0 Å². The van der Waals surface area contributed by atoms with Gasteiger partial charge in [-0.3, -0.25) is 4.79 Å². The molecule has 1 fully saturated rings. The number of aliphatic hydroxyl groups is 1. The molecule has 1 atom stereocenters. The first-order valence-corrected chi connectivity index (χ1v) is 8.61. The Morgan fingerprint density at radius 1 is 1.35 bits per heavy atom. The Hall–Kier alpha value is -1.39. The summed E-state index contributed by atoms with van der Waals surface area (Å²) in [5, 5.41) is 12.7. The van der Waals surface area contributed by atoms with E-state index in [1.165, 1.54) is 6.42 Å². The number of carbonyl (C=O) groups excluding carboxylic acids is 1. The molecule has 4 heteroatoms. The lowest BCUT2D eigenvalue weighted by atomic mass is 9.98. The monoisotopic (exact) mass is 319 g/mol. The maximum atomic E-state index is 12.1. The molecule has 0 bridgehead atoms. The number of rotatable bonds is 7. The number of aryl methyl sites for hydroxylation is 1. The number of carbonyl (C=O) groups is 1. The maximum absolute atomic E-state index is 12.1. The van der Waals surface area contributed by atoms with Crippen LogP contribution in [0.4, 0.5) is 0 Å². The Balaban J connectivity index is 1.73. The van der Waals surface area contributed by atoms with Crippen LogP contribution in [0.15, 0.2) is 24.3 Å². The minimum absolute atomic E-state index is 0.0178. The van der Waals surface area contributed by atoms with Gasteiger partial charge in [-0.1, -0.05) is 12.1 Å². The molecule has 0 spiro atoms. The van der Waals surface area contributed by atoms with Crippen LogP contribution in [0.2, 0.25) is 0 Å². The highest BCUT2D eigenvalue weighted by Gasteiger charge is 2.15. The third-order valence-electron chi connectivity index (χ3n) is 4.33. The van der Waals surface area contributed by atoms with Crippen LogP contribution in [0, 0.1) is 5.92 Å². The van der Waals surface area contributed by atoms with Gasteiger partial charge in [-0.15, -0.1) is 0 Å². The van der Waals surface area contributed by atoms with Crippen LogP contribution in [0.1, 0.15) is 55.5 Å². The largest absolute Gasteiger partial charge is 0.390 e. The summed E-state index contributed by atoms with van der Waals surface area (Å²) in [7, 11) is 0. The molecule has 4 nitrogen and oxygen atoms in total. The van der Waals surface area contributed by atoms with Crippen LogP contribution in [-0.2, 0) is 11.2 Å². The first-order chi connectivity index (χ1) is 10.9. The second-order valence-electron chi connectivity index (χ2n) is 7.14. The van der Waals surface area contributed by atoms with Crippen LogP contribution in [-0.4, -0.2) is 36.4 Å². The molecule has 2 rings (SSSR count). The van der Waals surface area contributed by atoms with Gasteiger partial charge < -0.3 is 15.2 Å². The summed E-state index contributed by atoms with van der Waals surface area (Å²) in [4.78, 5) is 12.1. The van der Waals surface area contributed by atoms with E-state index in [4.69, 9.17) is 4.74 Å². The van der Waals surface area contributed by atoms with E-state index >= 15 is 0 Å². The van der Waals surface area contributed by atoms with Crippen LogP contribution < -0.4 is 5.32 Å². The summed E-state index contributed by atoms with van der Waals surface area (Å²) in [5.41, 5.74) is 1.18. The van der Waals surface area contributed by atoms with Gasteiger partial charge in [0.15, 0.2) is 0 Å². The topological polar surface area (TPSA) is 58.6 Å². The summed E-state index contributed by atoms with van der Waals surface area (Å²) in [6.45, 7) is 6.03. The minimum atomic E-state index is -0.654. The zero-order valence-corrected chi connectivity index (χ0v) is 14.3. The lowest BCUT2D eigenvalue weighted by molar-refractivity contribution is 0.0514. The lowest BCUT2D eigenvalue weighted by Gasteiger charge is -2.21. The molecule has 0 radical (unpaired) electrons. The average Bonchev–Trinajstić information content (AvgIpc) is 2.54. The predicted octanol–water partition coefficient (Wildman–Crippen LogP) is 2.94. The van der Waals surface area contributed by atoms with E-state index in [0.717, 1.165) is 38.0 Å². The molecule has 1 aliphatic heterocycles. The van der Waals surface area contributed by atoms with E-state index in [1.54, 1.807) is 0 Å². The quantitative estimate of drug-likeness (QED) is 0.812. The Labute approximate surface area is 139 Å². The van der Waals surface area contributed by atoms with Crippen molar-refractivity contribution in [1.29, 1.82) is 0 Å². The Morgan fingerprint density at radius 3 is 2.70 bits per heavy atom. The third-order valence-corrected chi connectivity index (χ3v) is 4.33. The van der Waals surface area contributed by atoms with Gasteiger partial charge in [0.05, 0.1) is 5.60 Å². The average molecular weight is 319 g/mol. The minimum Gasteiger partial charge on any atom is -0.390 e. The van der Waals surface area contributed by atoms with E-state index in [9.17, 15) is 9.90 Å². The van der Waals surface area contributed by atoms with Crippen molar-refractivity contribution in [2.45, 2.75) is 51.6 Å². The van der Waals surface area contributed by atoms with E-state index in [0.29, 0.717) is 24.4 Å². The molecule has 0 aromatic heterocycles. The van der Waals surface area contributed by atoms with Crippen molar-refractivity contribution in [3.63, 3.8) is 0 Å². The fourth-order valence-electron chi connectivity index (χ4n) is 2.80. The van der Waals surface area contributed by atoms with Crippen molar-refractivity contribution in [1.82, 2.24) is 5.32 Å². The molecule has 1 heterocycles.